The Kier molecular flexibility index (Phi) is 5.09. The number of hydrogen-bond donors (Lipinski definition) is 0. The molecule has 0 aromatic heterocycles. The fourth-order valence-corrected chi connectivity index (χ4v) is 1.65. The number of halogens is 2. The molecule has 0 heterocycles. The predicted octanol–water partition coefficient (Wildman–Crippen LogP) is 3.64. The smallest absolute Gasteiger partial charge is 0.165 e. The van der Waals surface area contributed by atoms with Gasteiger partial charge in [0, 0.05) is 13.0 Å². The van der Waals surface area contributed by atoms with Gasteiger partial charge in [0.1, 0.15) is 11.9 Å². The Balaban J connectivity index is 3.01. The van der Waals surface area contributed by atoms with Crippen LogP contribution >= 0.6 is 15.9 Å². The van der Waals surface area contributed by atoms with Crippen LogP contribution in [0.25, 0.3) is 0 Å². The van der Waals surface area contributed by atoms with Crippen molar-refractivity contribution in [1.29, 1.82) is 0 Å². The van der Waals surface area contributed by atoms with Gasteiger partial charge in [-0.15, -0.1) is 0 Å². The lowest BCUT2D eigenvalue weighted by molar-refractivity contribution is -0.130. The lowest BCUT2D eigenvalue weighted by atomic mass is 10.0. The number of rotatable bonds is 5. The first-order valence-corrected chi connectivity index (χ1v) is 5.98. The predicted molar refractivity (Wildman–Crippen MR) is 63.8 cm³/mol. The number of ketones is 1. The van der Waals surface area contributed by atoms with Crippen molar-refractivity contribution in [3.63, 3.8) is 0 Å². The van der Waals surface area contributed by atoms with Gasteiger partial charge in [-0.25, -0.2) is 4.39 Å². The third-order valence-corrected chi connectivity index (χ3v) is 2.86. The molecule has 0 N–H and O–H groups in total. The number of ether oxygens (including phenoxy) is 1. The Morgan fingerprint density at radius 3 is 2.69 bits per heavy atom. The number of carbonyl (C=O) groups excluding carboxylic acids is 1. The summed E-state index contributed by atoms with van der Waals surface area (Å²) in [6.45, 7) is 4.00. The van der Waals surface area contributed by atoms with E-state index in [-0.39, 0.29) is 11.6 Å². The minimum Gasteiger partial charge on any atom is -0.366 e. The molecule has 0 amide bonds. The summed E-state index contributed by atoms with van der Waals surface area (Å²) >= 11 is 3.07. The summed E-state index contributed by atoms with van der Waals surface area (Å²) in [5, 5.41) is 0. The normalized spacial score (nSPS) is 12.5. The second-order valence-electron chi connectivity index (χ2n) is 3.33. The van der Waals surface area contributed by atoms with Crippen molar-refractivity contribution in [3.8, 4) is 0 Å². The maximum Gasteiger partial charge on any atom is 0.165 e. The van der Waals surface area contributed by atoms with Crippen molar-refractivity contribution in [2.24, 2.45) is 0 Å². The first-order chi connectivity index (χ1) is 7.60. The van der Waals surface area contributed by atoms with Gasteiger partial charge >= 0.3 is 0 Å². The van der Waals surface area contributed by atoms with E-state index in [4.69, 9.17) is 4.74 Å². The molecule has 0 saturated carbocycles. The van der Waals surface area contributed by atoms with E-state index < -0.39 is 6.10 Å². The molecule has 4 heteroatoms. The van der Waals surface area contributed by atoms with Gasteiger partial charge in [-0.2, -0.15) is 0 Å². The molecular formula is C12H14BrFO2. The zero-order valence-electron chi connectivity index (χ0n) is 9.30. The van der Waals surface area contributed by atoms with Crippen molar-refractivity contribution >= 4 is 21.7 Å². The highest BCUT2D eigenvalue weighted by atomic mass is 79.9. The van der Waals surface area contributed by atoms with Crippen LogP contribution in [0, 0.1) is 5.82 Å². The van der Waals surface area contributed by atoms with Gasteiger partial charge in [0.2, 0.25) is 0 Å². The van der Waals surface area contributed by atoms with E-state index in [1.165, 1.54) is 6.07 Å². The van der Waals surface area contributed by atoms with E-state index in [0.717, 1.165) is 0 Å². The summed E-state index contributed by atoms with van der Waals surface area (Å²) in [5.74, 6) is -0.422. The van der Waals surface area contributed by atoms with Crippen LogP contribution in [0.5, 0.6) is 0 Å². The number of Topliss-reactive ketones (excluding diaryl/α,β-unsaturated/α-hetero) is 1. The van der Waals surface area contributed by atoms with E-state index >= 15 is 0 Å². The fourth-order valence-electron chi connectivity index (χ4n) is 1.40. The molecule has 2 nitrogen and oxygen atoms in total. The van der Waals surface area contributed by atoms with Crippen molar-refractivity contribution < 1.29 is 13.9 Å². The van der Waals surface area contributed by atoms with Crippen molar-refractivity contribution in [1.82, 2.24) is 0 Å². The van der Waals surface area contributed by atoms with Crippen LogP contribution < -0.4 is 0 Å². The van der Waals surface area contributed by atoms with Crippen LogP contribution in [-0.4, -0.2) is 12.4 Å². The van der Waals surface area contributed by atoms with Gasteiger partial charge in [0.05, 0.1) is 4.47 Å². The molecule has 1 aromatic rings. The molecule has 0 aliphatic carbocycles. The second-order valence-corrected chi connectivity index (χ2v) is 4.18. The largest absolute Gasteiger partial charge is 0.366 e. The van der Waals surface area contributed by atoms with Crippen LogP contribution in [-0.2, 0) is 9.53 Å². The van der Waals surface area contributed by atoms with E-state index in [2.05, 4.69) is 15.9 Å². The highest BCUT2D eigenvalue weighted by Crippen LogP contribution is 2.24. The monoisotopic (exact) mass is 288 g/mol. The van der Waals surface area contributed by atoms with Gasteiger partial charge in [-0.1, -0.05) is 13.0 Å². The van der Waals surface area contributed by atoms with E-state index in [9.17, 15) is 9.18 Å². The van der Waals surface area contributed by atoms with E-state index in [1.807, 2.05) is 6.92 Å². The summed E-state index contributed by atoms with van der Waals surface area (Å²) in [7, 11) is 0. The Morgan fingerprint density at radius 2 is 2.19 bits per heavy atom. The first-order valence-electron chi connectivity index (χ1n) is 5.19. The van der Waals surface area contributed by atoms with Crippen LogP contribution in [0.1, 0.15) is 31.9 Å². The average molecular weight is 289 g/mol. The number of carbonyl (C=O) groups is 1. The molecule has 88 valence electrons. The number of hydrogen-bond acceptors (Lipinski definition) is 2. The van der Waals surface area contributed by atoms with E-state index in [0.29, 0.717) is 23.1 Å². The molecule has 1 rings (SSSR count). The molecule has 0 spiro atoms. The lowest BCUT2D eigenvalue weighted by Crippen LogP contribution is -2.15. The quantitative estimate of drug-likeness (QED) is 0.827. The Hall–Kier alpha value is -0.740. The Bertz CT molecular complexity index is 379. The summed E-state index contributed by atoms with van der Waals surface area (Å²) in [4.78, 5) is 11.6. The maximum absolute atomic E-state index is 13.3. The van der Waals surface area contributed by atoms with Crippen molar-refractivity contribution in [2.45, 2.75) is 26.4 Å². The van der Waals surface area contributed by atoms with Gasteiger partial charge in [-0.05, 0) is 40.5 Å². The Labute approximate surface area is 103 Å². The molecule has 0 bridgehead atoms. The van der Waals surface area contributed by atoms with Crippen LogP contribution in [0.3, 0.4) is 0 Å². The third-order valence-electron chi connectivity index (χ3n) is 2.22. The fraction of sp³-hybridized carbons (Fsp3) is 0.417. The highest BCUT2D eigenvalue weighted by molar-refractivity contribution is 9.10. The van der Waals surface area contributed by atoms with E-state index in [1.54, 1.807) is 19.1 Å². The molecule has 0 aliphatic rings. The summed E-state index contributed by atoms with van der Waals surface area (Å²) in [6, 6.07) is 4.61. The molecule has 0 fully saturated rings. The first kappa shape index (κ1) is 13.3. The van der Waals surface area contributed by atoms with Crippen LogP contribution in [0.15, 0.2) is 22.7 Å². The molecule has 1 aromatic carbocycles. The average Bonchev–Trinajstić information content (AvgIpc) is 2.29. The molecular weight excluding hydrogens is 275 g/mol. The van der Waals surface area contributed by atoms with Gasteiger partial charge in [0.15, 0.2) is 5.78 Å². The molecule has 16 heavy (non-hydrogen) atoms. The summed E-state index contributed by atoms with van der Waals surface area (Å²) in [5.41, 5.74) is 0.564. The van der Waals surface area contributed by atoms with Gasteiger partial charge in [0.25, 0.3) is 0 Å². The molecule has 1 atom stereocenters. The van der Waals surface area contributed by atoms with Gasteiger partial charge < -0.3 is 4.74 Å². The second kappa shape index (κ2) is 6.11. The summed E-state index contributed by atoms with van der Waals surface area (Å²) < 4.78 is 19.1. The maximum atomic E-state index is 13.3. The zero-order valence-corrected chi connectivity index (χ0v) is 10.9. The minimum atomic E-state index is -0.655. The van der Waals surface area contributed by atoms with Crippen LogP contribution in [0.2, 0.25) is 0 Å². The zero-order chi connectivity index (χ0) is 12.1. The molecule has 1 unspecified atom stereocenters. The van der Waals surface area contributed by atoms with Crippen molar-refractivity contribution in [2.75, 3.05) is 6.61 Å². The SMILES string of the molecule is CCOC(C(=O)CC)c1ccc(Br)c(F)c1. The third kappa shape index (κ3) is 3.12. The minimum absolute atomic E-state index is 0.0384. The van der Waals surface area contributed by atoms with Crippen molar-refractivity contribution in [3.05, 3.63) is 34.1 Å². The molecule has 0 saturated heterocycles. The Morgan fingerprint density at radius 1 is 1.50 bits per heavy atom. The highest BCUT2D eigenvalue weighted by Gasteiger charge is 2.19. The van der Waals surface area contributed by atoms with Gasteiger partial charge in [-0.3, -0.25) is 4.79 Å². The molecule has 0 radical (unpaired) electrons. The standard InChI is InChI=1S/C12H14BrFO2/c1-3-11(15)12(16-4-2)8-5-6-9(13)10(14)7-8/h5-7,12H,3-4H2,1-2H3. The topological polar surface area (TPSA) is 26.3 Å². The summed E-state index contributed by atoms with van der Waals surface area (Å²) in [6.07, 6.45) is -0.278. The lowest BCUT2D eigenvalue weighted by Gasteiger charge is -2.15. The van der Waals surface area contributed by atoms with Crippen LogP contribution in [0.4, 0.5) is 4.39 Å². The molecule has 0 aliphatic heterocycles. The number of benzene rings is 1.